The monoisotopic (exact) mass is 418 g/mol. The van der Waals surface area contributed by atoms with Crippen LogP contribution in [0.25, 0.3) is 0 Å². The maximum absolute atomic E-state index is 12.6. The first-order valence-corrected chi connectivity index (χ1v) is 9.40. The van der Waals surface area contributed by atoms with Crippen LogP contribution in [0.3, 0.4) is 0 Å². The fourth-order valence-corrected chi connectivity index (χ4v) is 3.70. The maximum Gasteiger partial charge on any atom is 0.255 e. The van der Waals surface area contributed by atoms with E-state index in [1.807, 2.05) is 0 Å². The maximum atomic E-state index is 12.6. The lowest BCUT2D eigenvalue weighted by atomic mass is 10.00. The van der Waals surface area contributed by atoms with Crippen LogP contribution in [0.2, 0.25) is 0 Å². The number of hydrogen-bond donors (Lipinski definition) is 1. The summed E-state index contributed by atoms with van der Waals surface area (Å²) in [4.78, 5) is 15.0. The first kappa shape index (κ1) is 18.7. The topological polar surface area (TPSA) is 50.8 Å². The first-order chi connectivity index (χ1) is 12.6. The van der Waals surface area contributed by atoms with Gasteiger partial charge in [-0.1, -0.05) is 40.2 Å². The number of rotatable bonds is 6. The average molecular weight is 419 g/mol. The van der Waals surface area contributed by atoms with E-state index in [-0.39, 0.29) is 5.91 Å². The molecule has 0 aliphatic carbocycles. The van der Waals surface area contributed by atoms with Crippen LogP contribution in [0.15, 0.2) is 40.9 Å². The summed E-state index contributed by atoms with van der Waals surface area (Å²) in [5, 5.41) is 2.99. The number of halogens is 1. The summed E-state index contributed by atoms with van der Waals surface area (Å²) in [6.07, 6.45) is 1.06. The lowest BCUT2D eigenvalue weighted by Crippen LogP contribution is -2.37. The highest BCUT2D eigenvalue weighted by Crippen LogP contribution is 2.34. The van der Waals surface area contributed by atoms with Gasteiger partial charge in [0.25, 0.3) is 5.91 Å². The fraction of sp³-hybridized carbons (Fsp3) is 0.350. The molecule has 26 heavy (non-hydrogen) atoms. The number of benzene rings is 2. The molecule has 2 aromatic rings. The summed E-state index contributed by atoms with van der Waals surface area (Å²) in [5.41, 5.74) is 3.27. The van der Waals surface area contributed by atoms with Crippen molar-refractivity contribution in [2.24, 2.45) is 0 Å². The van der Waals surface area contributed by atoms with Gasteiger partial charge in [0.1, 0.15) is 0 Å². The summed E-state index contributed by atoms with van der Waals surface area (Å²) in [6, 6.07) is 12.1. The Bertz CT molecular complexity index is 795. The standard InChI is InChI=1S/C20H23BrN2O3/c1-25-18-12-16(21)11-17(19(18)26-2)20(24)22-8-10-23-9-7-14-5-3-4-6-15(14)13-23/h3-6,11-12H,7-10,13H2,1-2H3,(H,22,24). The van der Waals surface area contributed by atoms with Crippen molar-refractivity contribution in [3.63, 3.8) is 0 Å². The van der Waals surface area contributed by atoms with Gasteiger partial charge >= 0.3 is 0 Å². The van der Waals surface area contributed by atoms with Gasteiger partial charge in [-0.05, 0) is 29.7 Å². The highest BCUT2D eigenvalue weighted by Gasteiger charge is 2.19. The lowest BCUT2D eigenvalue weighted by molar-refractivity contribution is 0.0943. The van der Waals surface area contributed by atoms with E-state index in [4.69, 9.17) is 9.47 Å². The van der Waals surface area contributed by atoms with Crippen molar-refractivity contribution in [1.29, 1.82) is 0 Å². The van der Waals surface area contributed by atoms with Crippen molar-refractivity contribution >= 4 is 21.8 Å². The number of fused-ring (bicyclic) bond motifs is 1. The van der Waals surface area contributed by atoms with Crippen LogP contribution in [0.1, 0.15) is 21.5 Å². The van der Waals surface area contributed by atoms with Gasteiger partial charge in [-0.15, -0.1) is 0 Å². The molecule has 1 N–H and O–H groups in total. The molecule has 1 amide bonds. The Balaban J connectivity index is 1.59. The zero-order valence-electron chi connectivity index (χ0n) is 15.0. The second kappa shape index (κ2) is 8.56. The van der Waals surface area contributed by atoms with Gasteiger partial charge in [-0.25, -0.2) is 0 Å². The molecule has 0 radical (unpaired) electrons. The first-order valence-electron chi connectivity index (χ1n) is 8.61. The van der Waals surface area contributed by atoms with Crippen LogP contribution in [-0.2, 0) is 13.0 Å². The molecule has 1 aliphatic rings. The van der Waals surface area contributed by atoms with Crippen LogP contribution in [0, 0.1) is 0 Å². The van der Waals surface area contributed by atoms with E-state index in [0.29, 0.717) is 23.6 Å². The highest BCUT2D eigenvalue weighted by atomic mass is 79.9. The highest BCUT2D eigenvalue weighted by molar-refractivity contribution is 9.10. The number of carbonyl (C=O) groups is 1. The Kier molecular flexibility index (Phi) is 6.16. The largest absolute Gasteiger partial charge is 0.493 e. The molecule has 0 bridgehead atoms. The smallest absolute Gasteiger partial charge is 0.255 e. The van der Waals surface area contributed by atoms with Gasteiger partial charge in [0.15, 0.2) is 11.5 Å². The van der Waals surface area contributed by atoms with Gasteiger partial charge in [0.05, 0.1) is 19.8 Å². The molecule has 0 saturated heterocycles. The third-order valence-electron chi connectivity index (χ3n) is 4.61. The van der Waals surface area contributed by atoms with Crippen molar-refractivity contribution in [3.05, 3.63) is 57.6 Å². The summed E-state index contributed by atoms with van der Waals surface area (Å²) >= 11 is 3.41. The van der Waals surface area contributed by atoms with E-state index >= 15 is 0 Å². The number of amides is 1. The third kappa shape index (κ3) is 4.19. The minimum Gasteiger partial charge on any atom is -0.493 e. The Morgan fingerprint density at radius 2 is 1.96 bits per heavy atom. The lowest BCUT2D eigenvalue weighted by Gasteiger charge is -2.28. The molecule has 6 heteroatoms. The normalized spacial score (nSPS) is 13.8. The zero-order valence-corrected chi connectivity index (χ0v) is 16.6. The van der Waals surface area contributed by atoms with Crippen LogP contribution >= 0.6 is 15.9 Å². The van der Waals surface area contributed by atoms with Crippen molar-refractivity contribution in [2.75, 3.05) is 33.9 Å². The molecule has 5 nitrogen and oxygen atoms in total. The van der Waals surface area contributed by atoms with E-state index in [1.54, 1.807) is 19.2 Å². The predicted octanol–water partition coefficient (Wildman–Crippen LogP) is 3.25. The van der Waals surface area contributed by atoms with Gasteiger partial charge < -0.3 is 14.8 Å². The summed E-state index contributed by atoms with van der Waals surface area (Å²) in [5.74, 6) is 0.804. The molecular weight excluding hydrogens is 396 g/mol. The van der Waals surface area contributed by atoms with E-state index in [2.05, 4.69) is 50.4 Å². The fourth-order valence-electron chi connectivity index (χ4n) is 3.27. The number of nitrogens with zero attached hydrogens (tertiary/aromatic N) is 1. The zero-order chi connectivity index (χ0) is 18.5. The molecule has 0 fully saturated rings. The van der Waals surface area contributed by atoms with Crippen molar-refractivity contribution in [2.45, 2.75) is 13.0 Å². The van der Waals surface area contributed by atoms with E-state index in [9.17, 15) is 4.79 Å². The predicted molar refractivity (Wildman–Crippen MR) is 105 cm³/mol. The summed E-state index contributed by atoms with van der Waals surface area (Å²) < 4.78 is 11.4. The molecule has 0 spiro atoms. The van der Waals surface area contributed by atoms with Crippen LogP contribution < -0.4 is 14.8 Å². The van der Waals surface area contributed by atoms with E-state index in [1.165, 1.54) is 18.2 Å². The molecule has 0 aromatic heterocycles. The number of methoxy groups -OCH3 is 2. The molecule has 2 aromatic carbocycles. The molecule has 1 heterocycles. The second-order valence-corrected chi connectivity index (χ2v) is 7.16. The van der Waals surface area contributed by atoms with Crippen molar-refractivity contribution < 1.29 is 14.3 Å². The average Bonchev–Trinajstić information content (AvgIpc) is 2.67. The molecule has 3 rings (SSSR count). The molecule has 0 unspecified atom stereocenters. The van der Waals surface area contributed by atoms with E-state index in [0.717, 1.165) is 30.5 Å². The van der Waals surface area contributed by atoms with Gasteiger partial charge in [0.2, 0.25) is 0 Å². The van der Waals surface area contributed by atoms with Gasteiger partial charge in [0, 0.05) is 30.7 Å². The van der Waals surface area contributed by atoms with Crippen LogP contribution in [0.5, 0.6) is 11.5 Å². The number of ether oxygens (including phenoxy) is 2. The summed E-state index contributed by atoms with van der Waals surface area (Å²) in [6.45, 7) is 3.34. The molecule has 1 aliphatic heterocycles. The molecule has 138 valence electrons. The van der Waals surface area contributed by atoms with Gasteiger partial charge in [-0.3, -0.25) is 9.69 Å². The Hall–Kier alpha value is -2.05. The second-order valence-electron chi connectivity index (χ2n) is 6.24. The Morgan fingerprint density at radius 1 is 1.19 bits per heavy atom. The summed E-state index contributed by atoms with van der Waals surface area (Å²) in [7, 11) is 3.09. The van der Waals surface area contributed by atoms with Crippen molar-refractivity contribution in [3.8, 4) is 11.5 Å². The third-order valence-corrected chi connectivity index (χ3v) is 5.07. The number of carbonyl (C=O) groups excluding carboxylic acids is 1. The molecular formula is C20H23BrN2O3. The van der Waals surface area contributed by atoms with Crippen molar-refractivity contribution in [1.82, 2.24) is 10.2 Å². The molecule has 0 saturated carbocycles. The van der Waals surface area contributed by atoms with Gasteiger partial charge in [-0.2, -0.15) is 0 Å². The minimum absolute atomic E-state index is 0.168. The molecule has 0 atom stereocenters. The Labute approximate surface area is 162 Å². The Morgan fingerprint density at radius 3 is 2.69 bits per heavy atom. The van der Waals surface area contributed by atoms with Crippen LogP contribution in [0.4, 0.5) is 0 Å². The number of hydrogen-bond acceptors (Lipinski definition) is 4. The van der Waals surface area contributed by atoms with E-state index < -0.39 is 0 Å². The minimum atomic E-state index is -0.168. The quantitative estimate of drug-likeness (QED) is 0.781. The van der Waals surface area contributed by atoms with Crippen LogP contribution in [-0.4, -0.2) is 44.7 Å². The number of nitrogens with one attached hydrogen (secondary N) is 1. The SMILES string of the molecule is COc1cc(Br)cc(C(=O)NCCN2CCc3ccccc3C2)c1OC.